The van der Waals surface area contributed by atoms with Crippen molar-refractivity contribution in [1.82, 2.24) is 10.2 Å². The molecule has 0 saturated carbocycles. The topological polar surface area (TPSA) is 66.0 Å². The molecular formula is C27H24N2O2. The van der Waals surface area contributed by atoms with Gasteiger partial charge in [-0.25, -0.2) is 4.79 Å². The Morgan fingerprint density at radius 2 is 1.77 bits per heavy atom. The molecule has 3 aromatic carbocycles. The van der Waals surface area contributed by atoms with Crippen LogP contribution in [0.2, 0.25) is 0 Å². The van der Waals surface area contributed by atoms with Crippen LogP contribution in [-0.2, 0) is 4.79 Å². The summed E-state index contributed by atoms with van der Waals surface area (Å²) in [5.74, 6) is -0.953. The molecule has 0 radical (unpaired) electrons. The minimum atomic E-state index is -0.953. The highest BCUT2D eigenvalue weighted by molar-refractivity contribution is 6.00. The van der Waals surface area contributed by atoms with Gasteiger partial charge in [-0.2, -0.15) is 5.10 Å². The van der Waals surface area contributed by atoms with Crippen molar-refractivity contribution in [3.63, 3.8) is 0 Å². The summed E-state index contributed by atoms with van der Waals surface area (Å²) in [6.45, 7) is 4.29. The minimum absolute atomic E-state index is 0.851. The Labute approximate surface area is 181 Å². The largest absolute Gasteiger partial charge is 0.478 e. The van der Waals surface area contributed by atoms with Crippen LogP contribution in [0.1, 0.15) is 41.2 Å². The van der Waals surface area contributed by atoms with E-state index in [9.17, 15) is 4.79 Å². The number of aromatic amines is 1. The smallest absolute Gasteiger partial charge is 0.328 e. The molecule has 31 heavy (non-hydrogen) atoms. The van der Waals surface area contributed by atoms with Crippen molar-refractivity contribution in [1.29, 1.82) is 0 Å². The number of nitrogens with one attached hydrogen (secondary N) is 1. The predicted molar refractivity (Wildman–Crippen MR) is 127 cm³/mol. The van der Waals surface area contributed by atoms with Crippen LogP contribution in [0.3, 0.4) is 0 Å². The zero-order valence-electron chi connectivity index (χ0n) is 17.6. The number of benzene rings is 3. The average molecular weight is 409 g/mol. The van der Waals surface area contributed by atoms with Gasteiger partial charge < -0.3 is 5.11 Å². The number of aryl methyl sites for hydroxylation is 1. The number of H-pyrrole nitrogens is 1. The third-order valence-corrected chi connectivity index (χ3v) is 5.37. The fourth-order valence-electron chi connectivity index (χ4n) is 3.90. The summed E-state index contributed by atoms with van der Waals surface area (Å²) >= 11 is 0. The molecule has 4 heteroatoms. The van der Waals surface area contributed by atoms with Crippen LogP contribution in [0.4, 0.5) is 0 Å². The molecule has 4 aromatic rings. The zero-order valence-corrected chi connectivity index (χ0v) is 17.6. The highest BCUT2D eigenvalue weighted by Crippen LogP contribution is 2.35. The maximum atomic E-state index is 10.8. The summed E-state index contributed by atoms with van der Waals surface area (Å²) in [5, 5.41) is 17.1. The fourth-order valence-corrected chi connectivity index (χ4v) is 3.90. The van der Waals surface area contributed by atoms with Gasteiger partial charge in [-0.1, -0.05) is 67.1 Å². The number of carboxylic acid groups (broad SMARTS) is 1. The molecule has 154 valence electrons. The van der Waals surface area contributed by atoms with Gasteiger partial charge in [0.25, 0.3) is 0 Å². The standard InChI is InChI=1S/C27H24N2O2/c1-3-24(21-6-4-5-18(2)15-21)27(22-12-13-25-23(16-22)17-28-29-25)20-10-7-19(8-11-20)9-14-26(30)31/h4-17H,3H2,1-2H3,(H,28,29)(H,30,31). The lowest BCUT2D eigenvalue weighted by atomic mass is 9.87. The van der Waals surface area contributed by atoms with E-state index in [0.29, 0.717) is 0 Å². The second-order valence-electron chi connectivity index (χ2n) is 7.54. The highest BCUT2D eigenvalue weighted by Gasteiger charge is 2.14. The van der Waals surface area contributed by atoms with Crippen LogP contribution >= 0.6 is 0 Å². The van der Waals surface area contributed by atoms with Crippen molar-refractivity contribution >= 4 is 34.1 Å². The van der Waals surface area contributed by atoms with E-state index < -0.39 is 5.97 Å². The van der Waals surface area contributed by atoms with Gasteiger partial charge in [-0.05, 0) is 65.0 Å². The molecule has 0 aliphatic carbocycles. The van der Waals surface area contributed by atoms with Crippen LogP contribution in [-0.4, -0.2) is 21.3 Å². The summed E-state index contributed by atoms with van der Waals surface area (Å²) in [6.07, 6.45) is 5.48. The van der Waals surface area contributed by atoms with Crippen LogP contribution in [0.25, 0.3) is 28.1 Å². The molecule has 4 nitrogen and oxygen atoms in total. The molecule has 0 spiro atoms. The van der Waals surface area contributed by atoms with Gasteiger partial charge in [0.15, 0.2) is 0 Å². The Morgan fingerprint density at radius 3 is 2.48 bits per heavy atom. The van der Waals surface area contributed by atoms with E-state index in [1.165, 1.54) is 22.3 Å². The van der Waals surface area contributed by atoms with E-state index in [0.717, 1.165) is 40.1 Å². The van der Waals surface area contributed by atoms with E-state index in [1.54, 1.807) is 6.08 Å². The van der Waals surface area contributed by atoms with Gasteiger partial charge >= 0.3 is 5.97 Å². The van der Waals surface area contributed by atoms with Crippen LogP contribution in [0, 0.1) is 6.92 Å². The third kappa shape index (κ3) is 4.48. The van der Waals surface area contributed by atoms with Gasteiger partial charge in [-0.3, -0.25) is 5.10 Å². The molecule has 0 aliphatic rings. The van der Waals surface area contributed by atoms with E-state index in [2.05, 4.69) is 78.6 Å². The number of aromatic nitrogens is 2. The van der Waals surface area contributed by atoms with Gasteiger partial charge in [0, 0.05) is 11.5 Å². The maximum Gasteiger partial charge on any atom is 0.328 e. The van der Waals surface area contributed by atoms with Crippen molar-refractivity contribution in [2.45, 2.75) is 20.3 Å². The summed E-state index contributed by atoms with van der Waals surface area (Å²) in [7, 11) is 0. The second-order valence-corrected chi connectivity index (χ2v) is 7.54. The van der Waals surface area contributed by atoms with Crippen LogP contribution in [0.5, 0.6) is 0 Å². The quantitative estimate of drug-likeness (QED) is 0.289. The van der Waals surface area contributed by atoms with Gasteiger partial charge in [0.05, 0.1) is 11.7 Å². The first-order chi connectivity index (χ1) is 15.0. The number of rotatable bonds is 6. The Hall–Kier alpha value is -3.92. The Kier molecular flexibility index (Phi) is 5.80. The van der Waals surface area contributed by atoms with E-state index in [-0.39, 0.29) is 0 Å². The molecule has 1 aromatic heterocycles. The normalized spacial score (nSPS) is 12.3. The van der Waals surface area contributed by atoms with Crippen molar-refractivity contribution in [2.75, 3.05) is 0 Å². The number of allylic oxidation sites excluding steroid dienone is 1. The summed E-state index contributed by atoms with van der Waals surface area (Å²) in [4.78, 5) is 10.8. The van der Waals surface area contributed by atoms with Crippen molar-refractivity contribution in [3.8, 4) is 0 Å². The Morgan fingerprint density at radius 1 is 1.00 bits per heavy atom. The maximum absolute atomic E-state index is 10.8. The van der Waals surface area contributed by atoms with Crippen molar-refractivity contribution in [3.05, 3.63) is 107 Å². The molecule has 0 unspecified atom stereocenters. The second kappa shape index (κ2) is 8.84. The summed E-state index contributed by atoms with van der Waals surface area (Å²) in [6, 6.07) is 23.0. The molecule has 0 saturated heterocycles. The molecule has 0 atom stereocenters. The lowest BCUT2D eigenvalue weighted by molar-refractivity contribution is -0.131. The number of fused-ring (bicyclic) bond motifs is 1. The number of carboxylic acids is 1. The summed E-state index contributed by atoms with van der Waals surface area (Å²) in [5.41, 5.74) is 8.94. The molecule has 1 heterocycles. The van der Waals surface area contributed by atoms with Crippen molar-refractivity contribution < 1.29 is 9.90 Å². The number of nitrogens with zero attached hydrogens (tertiary/aromatic N) is 1. The van der Waals surface area contributed by atoms with E-state index >= 15 is 0 Å². The van der Waals surface area contributed by atoms with Gasteiger partial charge in [-0.15, -0.1) is 0 Å². The Balaban J connectivity index is 1.91. The molecule has 0 amide bonds. The van der Waals surface area contributed by atoms with E-state index in [1.807, 2.05) is 18.3 Å². The number of aliphatic carboxylic acids is 1. The number of carbonyl (C=O) groups is 1. The molecule has 0 bridgehead atoms. The zero-order chi connectivity index (χ0) is 21.8. The third-order valence-electron chi connectivity index (χ3n) is 5.37. The van der Waals surface area contributed by atoms with Crippen LogP contribution in [0.15, 0.2) is 79.0 Å². The monoisotopic (exact) mass is 408 g/mol. The lowest BCUT2D eigenvalue weighted by Gasteiger charge is -2.17. The van der Waals surface area contributed by atoms with E-state index in [4.69, 9.17) is 5.11 Å². The highest BCUT2D eigenvalue weighted by atomic mass is 16.4. The molecule has 2 N–H and O–H groups in total. The molecule has 0 aliphatic heterocycles. The molecular weight excluding hydrogens is 384 g/mol. The fraction of sp³-hybridized carbons (Fsp3) is 0.111. The first-order valence-electron chi connectivity index (χ1n) is 10.3. The first-order valence-corrected chi connectivity index (χ1v) is 10.3. The van der Waals surface area contributed by atoms with Gasteiger partial charge in [0.2, 0.25) is 0 Å². The SMILES string of the molecule is CCC(=C(c1ccc(C=CC(=O)O)cc1)c1ccc2[nH]ncc2c1)c1cccc(C)c1. The molecule has 0 fully saturated rings. The van der Waals surface area contributed by atoms with Crippen molar-refractivity contribution in [2.24, 2.45) is 0 Å². The first kappa shape index (κ1) is 20.4. The van der Waals surface area contributed by atoms with Crippen LogP contribution < -0.4 is 0 Å². The lowest BCUT2D eigenvalue weighted by Crippen LogP contribution is -1.96. The average Bonchev–Trinajstić information content (AvgIpc) is 3.24. The Bertz CT molecular complexity index is 1290. The minimum Gasteiger partial charge on any atom is -0.478 e. The number of hydrogen-bond acceptors (Lipinski definition) is 2. The number of hydrogen-bond donors (Lipinski definition) is 2. The predicted octanol–water partition coefficient (Wildman–Crippen LogP) is 6.34. The molecule has 4 rings (SSSR count). The summed E-state index contributed by atoms with van der Waals surface area (Å²) < 4.78 is 0. The van der Waals surface area contributed by atoms with Gasteiger partial charge in [0.1, 0.15) is 0 Å².